The maximum absolute atomic E-state index is 12.0. The third-order valence-corrected chi connectivity index (χ3v) is 3.93. The van der Waals surface area contributed by atoms with Gasteiger partial charge < -0.3 is 9.88 Å². The first-order valence-corrected chi connectivity index (χ1v) is 6.82. The number of halogens is 2. The van der Waals surface area contributed by atoms with Crippen LogP contribution in [0.15, 0.2) is 29.0 Å². The molecule has 5 nitrogen and oxygen atoms in total. The summed E-state index contributed by atoms with van der Waals surface area (Å²) in [4.78, 5) is 12.0. The molecule has 2 rings (SSSR count). The Morgan fingerprint density at radius 3 is 3.00 bits per heavy atom. The summed E-state index contributed by atoms with van der Waals surface area (Å²) in [6.45, 7) is 0.480. The Balaban J connectivity index is 1.95. The van der Waals surface area contributed by atoms with Crippen LogP contribution in [0.4, 0.5) is 0 Å². The second-order valence-electron chi connectivity index (χ2n) is 3.97. The van der Waals surface area contributed by atoms with Crippen molar-refractivity contribution in [3.05, 3.63) is 45.4 Å². The van der Waals surface area contributed by atoms with E-state index in [1.54, 1.807) is 24.5 Å². The number of benzene rings is 1. The summed E-state index contributed by atoms with van der Waals surface area (Å²) in [5, 5.41) is 10.9. The van der Waals surface area contributed by atoms with Gasteiger partial charge in [-0.3, -0.25) is 4.79 Å². The number of carbonyl (C=O) groups excluding carboxylic acids is 1. The summed E-state index contributed by atoms with van der Waals surface area (Å²) in [7, 11) is 1.86. The van der Waals surface area contributed by atoms with E-state index in [1.165, 1.54) is 0 Å². The lowest BCUT2D eigenvalue weighted by Crippen LogP contribution is -2.26. The molecular weight excluding hydrogens is 332 g/mol. The Morgan fingerprint density at radius 1 is 1.53 bits per heavy atom. The Bertz CT molecular complexity index is 599. The van der Waals surface area contributed by atoms with Gasteiger partial charge in [-0.05, 0) is 28.1 Å². The van der Waals surface area contributed by atoms with E-state index in [2.05, 4.69) is 31.4 Å². The molecule has 2 aromatic rings. The molecule has 1 aromatic carbocycles. The molecule has 0 aliphatic carbocycles. The van der Waals surface area contributed by atoms with Crippen LogP contribution < -0.4 is 5.32 Å². The lowest BCUT2D eigenvalue weighted by Gasteiger charge is -2.07. The van der Waals surface area contributed by atoms with Gasteiger partial charge in [0.05, 0.1) is 10.6 Å². The second-order valence-corrected chi connectivity index (χ2v) is 5.20. The lowest BCUT2D eigenvalue weighted by atomic mass is 10.2. The first-order chi connectivity index (χ1) is 9.09. The van der Waals surface area contributed by atoms with Crippen LogP contribution >= 0.6 is 27.5 Å². The highest BCUT2D eigenvalue weighted by atomic mass is 79.9. The Hall–Kier alpha value is -1.40. The van der Waals surface area contributed by atoms with E-state index in [0.29, 0.717) is 28.0 Å². The van der Waals surface area contributed by atoms with E-state index in [9.17, 15) is 4.79 Å². The first-order valence-electron chi connectivity index (χ1n) is 5.64. The maximum Gasteiger partial charge on any atom is 0.252 e. The van der Waals surface area contributed by atoms with E-state index >= 15 is 0 Å². The first kappa shape index (κ1) is 14.0. The van der Waals surface area contributed by atoms with Crippen LogP contribution in [-0.2, 0) is 13.5 Å². The fourth-order valence-electron chi connectivity index (χ4n) is 1.60. The molecule has 0 saturated heterocycles. The number of amides is 1. The second kappa shape index (κ2) is 6.16. The van der Waals surface area contributed by atoms with Gasteiger partial charge in [0.15, 0.2) is 0 Å². The van der Waals surface area contributed by atoms with Crippen molar-refractivity contribution in [2.24, 2.45) is 7.05 Å². The number of nitrogens with one attached hydrogen (secondary N) is 1. The molecule has 0 aliphatic heterocycles. The summed E-state index contributed by atoms with van der Waals surface area (Å²) >= 11 is 9.35. The molecule has 0 atom stereocenters. The predicted molar refractivity (Wildman–Crippen MR) is 76.2 cm³/mol. The summed E-state index contributed by atoms with van der Waals surface area (Å²) in [5.74, 6) is 0.620. The standard InChI is InChI=1S/C12H12BrClN4O/c1-18-7-16-17-10(18)5-6-15-12(19)8-3-2-4-9(13)11(8)14/h2-4,7H,5-6H2,1H3,(H,15,19). The van der Waals surface area contributed by atoms with Gasteiger partial charge in [0, 0.05) is 24.5 Å². The highest BCUT2D eigenvalue weighted by Gasteiger charge is 2.12. The van der Waals surface area contributed by atoms with Crippen LogP contribution in [0.2, 0.25) is 5.02 Å². The Labute approximate surface area is 124 Å². The highest BCUT2D eigenvalue weighted by molar-refractivity contribution is 9.10. The van der Waals surface area contributed by atoms with Gasteiger partial charge in [0.2, 0.25) is 0 Å². The average Bonchev–Trinajstić information content (AvgIpc) is 2.78. The number of carbonyl (C=O) groups is 1. The van der Waals surface area contributed by atoms with Crippen LogP contribution in [0.5, 0.6) is 0 Å². The molecule has 0 saturated carbocycles. The van der Waals surface area contributed by atoms with Crippen molar-refractivity contribution in [2.45, 2.75) is 6.42 Å². The number of hydrogen-bond acceptors (Lipinski definition) is 3. The molecule has 0 fully saturated rings. The molecule has 1 heterocycles. The topological polar surface area (TPSA) is 59.8 Å². The summed E-state index contributed by atoms with van der Waals surface area (Å²) in [6, 6.07) is 5.25. The summed E-state index contributed by atoms with van der Waals surface area (Å²) in [5.41, 5.74) is 0.453. The van der Waals surface area contributed by atoms with Crippen molar-refractivity contribution >= 4 is 33.4 Å². The van der Waals surface area contributed by atoms with Crippen LogP contribution in [-0.4, -0.2) is 27.2 Å². The fourth-order valence-corrected chi connectivity index (χ4v) is 2.17. The Kier molecular flexibility index (Phi) is 4.55. The van der Waals surface area contributed by atoms with E-state index in [0.717, 1.165) is 5.82 Å². The molecule has 1 N–H and O–H groups in total. The number of aryl methyl sites for hydroxylation is 1. The van der Waals surface area contributed by atoms with Crippen LogP contribution in [0.25, 0.3) is 0 Å². The molecular formula is C12H12BrClN4O. The zero-order valence-corrected chi connectivity index (χ0v) is 12.6. The fraction of sp³-hybridized carbons (Fsp3) is 0.250. The maximum atomic E-state index is 12.0. The minimum absolute atomic E-state index is 0.200. The van der Waals surface area contributed by atoms with Crippen LogP contribution in [0, 0.1) is 0 Å². The monoisotopic (exact) mass is 342 g/mol. The predicted octanol–water partition coefficient (Wildman–Crippen LogP) is 2.20. The van der Waals surface area contributed by atoms with Crippen LogP contribution in [0.3, 0.4) is 0 Å². The molecule has 1 aromatic heterocycles. The van der Waals surface area contributed by atoms with Gasteiger partial charge in [0.1, 0.15) is 12.2 Å². The normalized spacial score (nSPS) is 10.5. The Morgan fingerprint density at radius 2 is 2.32 bits per heavy atom. The van der Waals surface area contributed by atoms with Gasteiger partial charge in [0.25, 0.3) is 5.91 Å². The summed E-state index contributed by atoms with van der Waals surface area (Å²) in [6.07, 6.45) is 2.25. The van der Waals surface area contributed by atoms with Gasteiger partial charge >= 0.3 is 0 Å². The van der Waals surface area contributed by atoms with Gasteiger partial charge in [-0.15, -0.1) is 10.2 Å². The minimum Gasteiger partial charge on any atom is -0.352 e. The van der Waals surface area contributed by atoms with Gasteiger partial charge in [-0.2, -0.15) is 0 Å². The molecule has 0 spiro atoms. The van der Waals surface area contributed by atoms with E-state index in [4.69, 9.17) is 11.6 Å². The molecule has 0 unspecified atom stereocenters. The molecule has 7 heteroatoms. The average molecular weight is 344 g/mol. The molecule has 0 aliphatic rings. The molecule has 100 valence electrons. The molecule has 0 radical (unpaired) electrons. The molecule has 19 heavy (non-hydrogen) atoms. The van der Waals surface area contributed by atoms with Gasteiger partial charge in [-0.1, -0.05) is 17.7 Å². The van der Waals surface area contributed by atoms with Crippen molar-refractivity contribution in [1.82, 2.24) is 20.1 Å². The van der Waals surface area contributed by atoms with Crippen molar-refractivity contribution in [1.29, 1.82) is 0 Å². The van der Waals surface area contributed by atoms with Gasteiger partial charge in [-0.25, -0.2) is 0 Å². The van der Waals surface area contributed by atoms with E-state index in [-0.39, 0.29) is 5.91 Å². The SMILES string of the molecule is Cn1cnnc1CCNC(=O)c1cccc(Br)c1Cl. The lowest BCUT2D eigenvalue weighted by molar-refractivity contribution is 0.0954. The van der Waals surface area contributed by atoms with Crippen LogP contribution in [0.1, 0.15) is 16.2 Å². The highest BCUT2D eigenvalue weighted by Crippen LogP contribution is 2.25. The molecule has 1 amide bonds. The zero-order valence-electron chi connectivity index (χ0n) is 10.2. The number of hydrogen-bond donors (Lipinski definition) is 1. The number of rotatable bonds is 4. The smallest absolute Gasteiger partial charge is 0.252 e. The number of aromatic nitrogens is 3. The van der Waals surface area contributed by atoms with Crippen molar-refractivity contribution in [2.75, 3.05) is 6.54 Å². The van der Waals surface area contributed by atoms with E-state index in [1.807, 2.05) is 11.6 Å². The third kappa shape index (κ3) is 3.33. The summed E-state index contributed by atoms with van der Waals surface area (Å²) < 4.78 is 2.52. The number of nitrogens with zero attached hydrogens (tertiary/aromatic N) is 3. The molecule has 0 bridgehead atoms. The van der Waals surface area contributed by atoms with Crippen molar-refractivity contribution in [3.8, 4) is 0 Å². The van der Waals surface area contributed by atoms with Crippen molar-refractivity contribution < 1.29 is 4.79 Å². The third-order valence-electron chi connectivity index (χ3n) is 2.64. The quantitative estimate of drug-likeness (QED) is 0.926. The van der Waals surface area contributed by atoms with E-state index < -0.39 is 0 Å². The van der Waals surface area contributed by atoms with Crippen molar-refractivity contribution in [3.63, 3.8) is 0 Å². The largest absolute Gasteiger partial charge is 0.352 e. The zero-order chi connectivity index (χ0) is 13.8. The minimum atomic E-state index is -0.200.